The van der Waals surface area contributed by atoms with Crippen molar-refractivity contribution in [3.05, 3.63) is 52.5 Å². The van der Waals surface area contributed by atoms with Crippen LogP contribution < -0.4 is 14.8 Å². The van der Waals surface area contributed by atoms with Gasteiger partial charge in [0, 0.05) is 10.7 Å². The second-order valence-electron chi connectivity index (χ2n) is 6.17. The van der Waals surface area contributed by atoms with Gasteiger partial charge in [0.25, 0.3) is 5.91 Å². The molecule has 6 nitrogen and oxygen atoms in total. The van der Waals surface area contributed by atoms with Gasteiger partial charge in [-0.1, -0.05) is 17.7 Å². The lowest BCUT2D eigenvalue weighted by molar-refractivity contribution is 0.102. The van der Waals surface area contributed by atoms with Gasteiger partial charge in [0.15, 0.2) is 0 Å². The minimum Gasteiger partial charge on any atom is -0.490 e. The molecular formula is C18H21ClN2O4S. The highest BCUT2D eigenvalue weighted by Crippen LogP contribution is 2.26. The van der Waals surface area contributed by atoms with Crippen molar-refractivity contribution < 1.29 is 17.9 Å². The van der Waals surface area contributed by atoms with Crippen LogP contribution in [0.3, 0.4) is 0 Å². The van der Waals surface area contributed by atoms with E-state index in [0.717, 1.165) is 11.8 Å². The average Bonchev–Trinajstić information content (AvgIpc) is 2.50. The lowest BCUT2D eigenvalue weighted by Gasteiger charge is -2.15. The number of carbonyl (C=O) groups excluding carboxylic acids is 1. The van der Waals surface area contributed by atoms with E-state index in [-0.39, 0.29) is 6.10 Å². The molecule has 0 aliphatic heterocycles. The summed E-state index contributed by atoms with van der Waals surface area (Å²) in [6.45, 7) is 5.49. The van der Waals surface area contributed by atoms with Gasteiger partial charge in [0.05, 0.1) is 23.6 Å². The second kappa shape index (κ2) is 7.97. The second-order valence-corrected chi connectivity index (χ2v) is 8.35. The van der Waals surface area contributed by atoms with E-state index >= 15 is 0 Å². The van der Waals surface area contributed by atoms with Gasteiger partial charge in [-0.3, -0.25) is 9.52 Å². The van der Waals surface area contributed by atoms with Crippen molar-refractivity contribution >= 4 is 38.9 Å². The Morgan fingerprint density at radius 1 is 1.15 bits per heavy atom. The van der Waals surface area contributed by atoms with E-state index in [4.69, 9.17) is 16.3 Å². The Morgan fingerprint density at radius 2 is 1.85 bits per heavy atom. The fourth-order valence-corrected chi connectivity index (χ4v) is 3.04. The minimum absolute atomic E-state index is 0.104. The van der Waals surface area contributed by atoms with Crippen LogP contribution >= 0.6 is 11.6 Å². The lowest BCUT2D eigenvalue weighted by atomic mass is 10.1. The maximum Gasteiger partial charge on any atom is 0.259 e. The number of ether oxygens (including phenoxy) is 1. The molecule has 0 saturated heterocycles. The van der Waals surface area contributed by atoms with Crippen LogP contribution in [0.15, 0.2) is 36.4 Å². The van der Waals surface area contributed by atoms with Crippen LogP contribution in [-0.2, 0) is 10.0 Å². The summed E-state index contributed by atoms with van der Waals surface area (Å²) in [4.78, 5) is 12.7. The number of rotatable bonds is 6. The zero-order chi connectivity index (χ0) is 19.5. The van der Waals surface area contributed by atoms with Crippen molar-refractivity contribution in [1.82, 2.24) is 0 Å². The Morgan fingerprint density at radius 3 is 2.46 bits per heavy atom. The van der Waals surface area contributed by atoms with Crippen LogP contribution in [0.4, 0.5) is 11.4 Å². The minimum atomic E-state index is -3.42. The number of carbonyl (C=O) groups is 1. The molecule has 0 bridgehead atoms. The van der Waals surface area contributed by atoms with Crippen LogP contribution in [0.1, 0.15) is 29.8 Å². The molecule has 2 aromatic rings. The van der Waals surface area contributed by atoms with Crippen LogP contribution in [0, 0.1) is 6.92 Å². The van der Waals surface area contributed by atoms with Crippen LogP contribution in [0.5, 0.6) is 5.75 Å². The normalized spacial score (nSPS) is 11.3. The van der Waals surface area contributed by atoms with E-state index in [0.29, 0.717) is 27.7 Å². The van der Waals surface area contributed by atoms with Gasteiger partial charge < -0.3 is 10.1 Å². The third-order valence-corrected chi connectivity index (χ3v) is 4.17. The summed E-state index contributed by atoms with van der Waals surface area (Å²) in [7, 11) is -3.42. The predicted molar refractivity (Wildman–Crippen MR) is 105 cm³/mol. The first-order valence-electron chi connectivity index (χ1n) is 7.91. The topological polar surface area (TPSA) is 84.5 Å². The maximum absolute atomic E-state index is 12.7. The standard InChI is InChI=1S/C18H21ClN2O4S/c1-11(2)25-17-8-6-13(19)9-15(17)18(22)20-14-7-5-12(3)16(10-14)21-26(4,23)24/h5-11,21H,1-4H3,(H,20,22). The van der Waals surface area contributed by atoms with Crippen LogP contribution in [0.25, 0.3) is 0 Å². The van der Waals surface area contributed by atoms with Gasteiger partial charge in [0.2, 0.25) is 10.0 Å². The molecule has 2 N–H and O–H groups in total. The fourth-order valence-electron chi connectivity index (χ4n) is 2.24. The molecule has 0 atom stereocenters. The van der Waals surface area contributed by atoms with Crippen molar-refractivity contribution in [3.8, 4) is 5.75 Å². The summed E-state index contributed by atoms with van der Waals surface area (Å²) >= 11 is 6.01. The Bertz CT molecular complexity index is 927. The SMILES string of the molecule is Cc1ccc(NC(=O)c2cc(Cl)ccc2OC(C)C)cc1NS(C)(=O)=O. The number of amides is 1. The number of aryl methyl sites for hydroxylation is 1. The first kappa shape index (κ1) is 20.1. The van der Waals surface area contributed by atoms with E-state index in [2.05, 4.69) is 10.0 Å². The third-order valence-electron chi connectivity index (χ3n) is 3.34. The first-order chi connectivity index (χ1) is 12.0. The molecule has 0 spiro atoms. The summed E-state index contributed by atoms with van der Waals surface area (Å²) in [6.07, 6.45) is 0.965. The quantitative estimate of drug-likeness (QED) is 0.771. The first-order valence-corrected chi connectivity index (χ1v) is 10.2. The third kappa shape index (κ3) is 5.64. The van der Waals surface area contributed by atoms with Gasteiger partial charge in [-0.25, -0.2) is 8.42 Å². The van der Waals surface area contributed by atoms with Gasteiger partial charge in [-0.2, -0.15) is 0 Å². The largest absolute Gasteiger partial charge is 0.490 e. The molecule has 140 valence electrons. The van der Waals surface area contributed by atoms with Crippen molar-refractivity contribution in [2.24, 2.45) is 0 Å². The van der Waals surface area contributed by atoms with Gasteiger partial charge in [-0.05, 0) is 56.7 Å². The molecule has 0 radical (unpaired) electrons. The number of sulfonamides is 1. The van der Waals surface area contributed by atoms with E-state index < -0.39 is 15.9 Å². The molecule has 8 heteroatoms. The maximum atomic E-state index is 12.7. The van der Waals surface area contributed by atoms with Crippen molar-refractivity contribution in [3.63, 3.8) is 0 Å². The molecule has 0 fully saturated rings. The number of benzene rings is 2. The zero-order valence-electron chi connectivity index (χ0n) is 15.0. The number of halogens is 1. The Hall–Kier alpha value is -2.25. The molecule has 0 aliphatic rings. The van der Waals surface area contributed by atoms with Crippen LogP contribution in [-0.4, -0.2) is 26.7 Å². The smallest absolute Gasteiger partial charge is 0.259 e. The predicted octanol–water partition coefficient (Wildman–Crippen LogP) is 4.06. The molecule has 26 heavy (non-hydrogen) atoms. The average molecular weight is 397 g/mol. The Kier molecular flexibility index (Phi) is 6.15. The number of anilines is 2. The number of nitrogens with one attached hydrogen (secondary N) is 2. The van der Waals surface area contributed by atoms with Gasteiger partial charge in [-0.15, -0.1) is 0 Å². The van der Waals surface area contributed by atoms with Crippen molar-refractivity contribution in [2.75, 3.05) is 16.3 Å². The molecular weight excluding hydrogens is 376 g/mol. The summed E-state index contributed by atoms with van der Waals surface area (Å²) in [6, 6.07) is 9.78. The highest BCUT2D eigenvalue weighted by molar-refractivity contribution is 7.92. The van der Waals surface area contributed by atoms with Crippen LogP contribution in [0.2, 0.25) is 5.02 Å². The Labute approximate surface area is 158 Å². The highest BCUT2D eigenvalue weighted by Gasteiger charge is 2.16. The summed E-state index contributed by atoms with van der Waals surface area (Å²) in [5, 5.41) is 3.15. The zero-order valence-corrected chi connectivity index (χ0v) is 16.5. The number of hydrogen-bond donors (Lipinski definition) is 2. The molecule has 2 aromatic carbocycles. The fraction of sp³-hybridized carbons (Fsp3) is 0.278. The van der Waals surface area contributed by atoms with Gasteiger partial charge in [0.1, 0.15) is 5.75 Å². The molecule has 0 saturated carbocycles. The summed E-state index contributed by atoms with van der Waals surface area (Å²) in [5.74, 6) is 0.0146. The van der Waals surface area contributed by atoms with Crippen molar-refractivity contribution in [2.45, 2.75) is 26.9 Å². The molecule has 2 rings (SSSR count). The van der Waals surface area contributed by atoms with E-state index in [1.54, 1.807) is 37.3 Å². The molecule has 1 amide bonds. The molecule has 0 aromatic heterocycles. The number of hydrogen-bond acceptors (Lipinski definition) is 4. The molecule has 0 heterocycles. The summed E-state index contributed by atoms with van der Waals surface area (Å²) < 4.78 is 31.0. The summed E-state index contributed by atoms with van der Waals surface area (Å²) in [5.41, 5.74) is 1.88. The lowest BCUT2D eigenvalue weighted by Crippen LogP contribution is -2.16. The van der Waals surface area contributed by atoms with Crippen molar-refractivity contribution in [1.29, 1.82) is 0 Å². The highest BCUT2D eigenvalue weighted by atomic mass is 35.5. The Balaban J connectivity index is 2.30. The van der Waals surface area contributed by atoms with E-state index in [1.165, 1.54) is 6.07 Å². The van der Waals surface area contributed by atoms with E-state index in [9.17, 15) is 13.2 Å². The monoisotopic (exact) mass is 396 g/mol. The van der Waals surface area contributed by atoms with Gasteiger partial charge >= 0.3 is 0 Å². The molecule has 0 unspecified atom stereocenters. The molecule has 0 aliphatic carbocycles. The van der Waals surface area contributed by atoms with E-state index in [1.807, 2.05) is 13.8 Å².